The molecule has 1 heterocycles. The lowest BCUT2D eigenvalue weighted by molar-refractivity contribution is 0.194. The summed E-state index contributed by atoms with van der Waals surface area (Å²) in [5.74, 6) is 0.274. The summed E-state index contributed by atoms with van der Waals surface area (Å²) in [7, 11) is 0. The van der Waals surface area contributed by atoms with Crippen molar-refractivity contribution in [3.05, 3.63) is 0 Å². The zero-order chi connectivity index (χ0) is 5.98. The van der Waals surface area contributed by atoms with E-state index >= 15 is 0 Å². The molecule has 0 aromatic rings. The first-order chi connectivity index (χ1) is 3.80. The highest BCUT2D eigenvalue weighted by molar-refractivity contribution is 4.73. The molecule has 1 fully saturated rings. The molecule has 0 aromatic carbocycles. The lowest BCUT2D eigenvalue weighted by Crippen LogP contribution is -2.36. The zero-order valence-electron chi connectivity index (χ0n) is 5.15. The predicted molar refractivity (Wildman–Crippen MR) is 31.5 cm³/mol. The van der Waals surface area contributed by atoms with Gasteiger partial charge in [-0.1, -0.05) is 6.92 Å². The summed E-state index contributed by atoms with van der Waals surface area (Å²) in [6.45, 7) is 3.51. The van der Waals surface area contributed by atoms with E-state index in [9.17, 15) is 4.39 Å². The second kappa shape index (κ2) is 2.44. The van der Waals surface area contributed by atoms with Crippen molar-refractivity contribution >= 4 is 0 Å². The quantitative estimate of drug-likeness (QED) is 0.498. The first-order valence-corrected chi connectivity index (χ1v) is 3.15. The van der Waals surface area contributed by atoms with Crippen LogP contribution in [-0.4, -0.2) is 19.3 Å². The van der Waals surface area contributed by atoms with E-state index in [0.29, 0.717) is 6.54 Å². The predicted octanol–water partition coefficient (Wildman–Crippen LogP) is 0.954. The minimum Gasteiger partial charge on any atom is -0.314 e. The Morgan fingerprint density at radius 2 is 2.38 bits per heavy atom. The molecule has 2 atom stereocenters. The van der Waals surface area contributed by atoms with Gasteiger partial charge in [0.05, 0.1) is 0 Å². The molecule has 8 heavy (non-hydrogen) atoms. The lowest BCUT2D eigenvalue weighted by Gasteiger charge is -2.22. The van der Waals surface area contributed by atoms with Gasteiger partial charge in [0.15, 0.2) is 0 Å². The number of halogens is 1. The fourth-order valence-corrected chi connectivity index (χ4v) is 0.952. The molecule has 1 rings (SSSR count). The fourth-order valence-electron chi connectivity index (χ4n) is 0.952. The molecule has 1 saturated heterocycles. The third kappa shape index (κ3) is 1.19. The molecule has 1 unspecified atom stereocenters. The van der Waals surface area contributed by atoms with Crippen molar-refractivity contribution in [2.24, 2.45) is 5.92 Å². The van der Waals surface area contributed by atoms with E-state index in [-0.39, 0.29) is 5.92 Å². The van der Waals surface area contributed by atoms with Gasteiger partial charge in [0.1, 0.15) is 6.17 Å². The summed E-state index contributed by atoms with van der Waals surface area (Å²) in [4.78, 5) is 0. The van der Waals surface area contributed by atoms with Crippen LogP contribution < -0.4 is 5.32 Å². The fraction of sp³-hybridized carbons (Fsp3) is 1.00. The summed E-state index contributed by atoms with van der Waals surface area (Å²) in [5, 5.41) is 2.99. The highest BCUT2D eigenvalue weighted by Crippen LogP contribution is 2.13. The minimum absolute atomic E-state index is 0.274. The van der Waals surface area contributed by atoms with Gasteiger partial charge in [-0.2, -0.15) is 0 Å². The van der Waals surface area contributed by atoms with Crippen LogP contribution in [0.4, 0.5) is 4.39 Å². The van der Waals surface area contributed by atoms with Gasteiger partial charge in [-0.3, -0.25) is 0 Å². The normalized spacial score (nSPS) is 39.8. The van der Waals surface area contributed by atoms with Crippen LogP contribution in [0, 0.1) is 5.92 Å². The summed E-state index contributed by atoms with van der Waals surface area (Å²) in [5.41, 5.74) is 0. The Morgan fingerprint density at radius 1 is 1.62 bits per heavy atom. The third-order valence-corrected chi connectivity index (χ3v) is 1.73. The van der Waals surface area contributed by atoms with Crippen LogP contribution >= 0.6 is 0 Å². The van der Waals surface area contributed by atoms with Crippen molar-refractivity contribution in [3.63, 3.8) is 0 Å². The maximum atomic E-state index is 12.5. The average molecular weight is 117 g/mol. The summed E-state index contributed by atoms with van der Waals surface area (Å²) < 4.78 is 12.5. The maximum Gasteiger partial charge on any atom is 0.115 e. The van der Waals surface area contributed by atoms with Gasteiger partial charge in [0.2, 0.25) is 0 Å². The van der Waals surface area contributed by atoms with Crippen molar-refractivity contribution < 1.29 is 4.39 Å². The summed E-state index contributed by atoms with van der Waals surface area (Å²) in [6, 6.07) is 0. The molecule has 0 aliphatic carbocycles. The molecule has 2 heteroatoms. The molecule has 0 bridgehead atoms. The lowest BCUT2D eigenvalue weighted by atomic mass is 9.99. The molecule has 1 aliphatic heterocycles. The number of alkyl halides is 1. The van der Waals surface area contributed by atoms with Crippen molar-refractivity contribution in [3.8, 4) is 0 Å². The first-order valence-electron chi connectivity index (χ1n) is 3.15. The molecular formula is C6H12FN. The highest BCUT2D eigenvalue weighted by atomic mass is 19.1. The van der Waals surface area contributed by atoms with Crippen LogP contribution in [0.1, 0.15) is 13.3 Å². The molecular weight excluding hydrogens is 105 g/mol. The molecule has 0 radical (unpaired) electrons. The molecule has 0 saturated carbocycles. The van der Waals surface area contributed by atoms with Crippen molar-refractivity contribution in [1.82, 2.24) is 5.32 Å². The zero-order valence-corrected chi connectivity index (χ0v) is 5.15. The van der Waals surface area contributed by atoms with Crippen LogP contribution in [0.3, 0.4) is 0 Å². The monoisotopic (exact) mass is 117 g/mol. The maximum absolute atomic E-state index is 12.5. The Hall–Kier alpha value is -0.110. The molecule has 48 valence electrons. The van der Waals surface area contributed by atoms with Crippen LogP contribution in [0.5, 0.6) is 0 Å². The molecule has 0 amide bonds. The number of nitrogens with one attached hydrogen (secondary N) is 1. The molecule has 0 spiro atoms. The Kier molecular flexibility index (Phi) is 1.84. The van der Waals surface area contributed by atoms with Gasteiger partial charge in [0, 0.05) is 6.54 Å². The summed E-state index contributed by atoms with van der Waals surface area (Å²) in [6.07, 6.45) is 0.380. The Labute approximate surface area is 49.3 Å². The van der Waals surface area contributed by atoms with E-state index in [4.69, 9.17) is 0 Å². The molecule has 1 N–H and O–H groups in total. The van der Waals surface area contributed by atoms with E-state index in [0.717, 1.165) is 13.0 Å². The van der Waals surface area contributed by atoms with Gasteiger partial charge >= 0.3 is 0 Å². The van der Waals surface area contributed by atoms with E-state index < -0.39 is 6.17 Å². The Bertz CT molecular complexity index is 64.9. The largest absolute Gasteiger partial charge is 0.314 e. The summed E-state index contributed by atoms with van der Waals surface area (Å²) >= 11 is 0. The molecule has 0 aromatic heterocycles. The van der Waals surface area contributed by atoms with Crippen LogP contribution in [0.2, 0.25) is 0 Å². The van der Waals surface area contributed by atoms with E-state index in [2.05, 4.69) is 5.32 Å². The SMILES string of the molecule is CC1CCNC[C@@H]1F. The number of rotatable bonds is 0. The first kappa shape index (κ1) is 6.02. The number of hydrogen-bond donors (Lipinski definition) is 1. The molecule has 1 aliphatic rings. The molecule has 1 nitrogen and oxygen atoms in total. The van der Waals surface area contributed by atoms with Crippen molar-refractivity contribution in [1.29, 1.82) is 0 Å². The smallest absolute Gasteiger partial charge is 0.115 e. The van der Waals surface area contributed by atoms with Gasteiger partial charge in [-0.25, -0.2) is 4.39 Å². The van der Waals surface area contributed by atoms with E-state index in [1.165, 1.54) is 0 Å². The van der Waals surface area contributed by atoms with E-state index in [1.807, 2.05) is 6.92 Å². The van der Waals surface area contributed by atoms with Crippen molar-refractivity contribution in [2.75, 3.05) is 13.1 Å². The number of hydrogen-bond acceptors (Lipinski definition) is 1. The minimum atomic E-state index is -0.608. The van der Waals surface area contributed by atoms with Gasteiger partial charge in [-0.05, 0) is 18.9 Å². The van der Waals surface area contributed by atoms with Gasteiger partial charge in [-0.15, -0.1) is 0 Å². The second-order valence-corrected chi connectivity index (χ2v) is 2.49. The second-order valence-electron chi connectivity index (χ2n) is 2.49. The van der Waals surface area contributed by atoms with Crippen LogP contribution in [0.25, 0.3) is 0 Å². The van der Waals surface area contributed by atoms with E-state index in [1.54, 1.807) is 0 Å². The van der Waals surface area contributed by atoms with Crippen LogP contribution in [-0.2, 0) is 0 Å². The third-order valence-electron chi connectivity index (χ3n) is 1.73. The number of piperidine rings is 1. The highest BCUT2D eigenvalue weighted by Gasteiger charge is 2.18. The Balaban J connectivity index is 2.28. The van der Waals surface area contributed by atoms with Gasteiger partial charge < -0.3 is 5.32 Å². The van der Waals surface area contributed by atoms with Crippen molar-refractivity contribution in [2.45, 2.75) is 19.5 Å². The average Bonchev–Trinajstić information content (AvgIpc) is 1.77. The Morgan fingerprint density at radius 3 is 2.75 bits per heavy atom. The topological polar surface area (TPSA) is 12.0 Å². The van der Waals surface area contributed by atoms with Gasteiger partial charge in [0.25, 0.3) is 0 Å². The van der Waals surface area contributed by atoms with Crippen LogP contribution in [0.15, 0.2) is 0 Å². The standard InChI is InChI=1S/C6H12FN/c1-5-2-3-8-4-6(5)7/h5-6,8H,2-4H2,1H3/t5?,6-/m0/s1.